The lowest BCUT2D eigenvalue weighted by atomic mass is 10.1. The van der Waals surface area contributed by atoms with Crippen molar-refractivity contribution in [1.29, 1.82) is 0 Å². The number of ether oxygens (including phenoxy) is 1. The summed E-state index contributed by atoms with van der Waals surface area (Å²) in [5.41, 5.74) is 1.43. The van der Waals surface area contributed by atoms with Crippen LogP contribution in [0.4, 0.5) is 0 Å². The summed E-state index contributed by atoms with van der Waals surface area (Å²) in [7, 11) is 0. The summed E-state index contributed by atoms with van der Waals surface area (Å²) in [6.07, 6.45) is 3.69. The first-order chi connectivity index (χ1) is 9.31. The smallest absolute Gasteiger partial charge is 0.128 e. The van der Waals surface area contributed by atoms with Gasteiger partial charge < -0.3 is 14.8 Å². The molecule has 1 aliphatic rings. The molecule has 0 unspecified atom stereocenters. The van der Waals surface area contributed by atoms with Crippen LogP contribution in [0.3, 0.4) is 0 Å². The Bertz CT molecular complexity index is 426. The molecule has 0 atom stereocenters. The van der Waals surface area contributed by atoms with E-state index in [1.807, 2.05) is 24.3 Å². The minimum absolute atomic E-state index is 0.579. The summed E-state index contributed by atoms with van der Waals surface area (Å²) >= 11 is 0. The zero-order chi connectivity index (χ0) is 13.5. The van der Waals surface area contributed by atoms with Crippen molar-refractivity contribution in [3.63, 3.8) is 0 Å². The van der Waals surface area contributed by atoms with Crippen LogP contribution in [0.5, 0.6) is 5.75 Å². The van der Waals surface area contributed by atoms with Crippen LogP contribution in [0.15, 0.2) is 29.4 Å². The Labute approximate surface area is 114 Å². The van der Waals surface area contributed by atoms with Gasteiger partial charge in [0.15, 0.2) is 0 Å². The second-order valence-electron chi connectivity index (χ2n) is 4.93. The highest BCUT2D eigenvalue weighted by Crippen LogP contribution is 2.19. The fourth-order valence-electron chi connectivity index (χ4n) is 2.42. The zero-order valence-corrected chi connectivity index (χ0v) is 11.5. The summed E-state index contributed by atoms with van der Waals surface area (Å²) in [5.74, 6) is 0.791. The van der Waals surface area contributed by atoms with E-state index in [0.29, 0.717) is 12.3 Å². The van der Waals surface area contributed by atoms with Gasteiger partial charge in [-0.05, 0) is 51.4 Å². The van der Waals surface area contributed by atoms with Gasteiger partial charge in [0.2, 0.25) is 0 Å². The lowest BCUT2D eigenvalue weighted by molar-refractivity contribution is 0.263. The molecule has 1 fully saturated rings. The first kappa shape index (κ1) is 13.9. The summed E-state index contributed by atoms with van der Waals surface area (Å²) in [6.45, 7) is 6.04. The minimum atomic E-state index is 0.579. The van der Waals surface area contributed by atoms with Crippen molar-refractivity contribution >= 4 is 5.71 Å². The largest absolute Gasteiger partial charge is 0.493 e. The zero-order valence-electron chi connectivity index (χ0n) is 11.5. The summed E-state index contributed by atoms with van der Waals surface area (Å²) in [5, 5.41) is 12.1. The van der Waals surface area contributed by atoms with Crippen molar-refractivity contribution in [3.8, 4) is 5.75 Å². The van der Waals surface area contributed by atoms with Gasteiger partial charge in [-0.25, -0.2) is 0 Å². The monoisotopic (exact) mass is 262 g/mol. The maximum absolute atomic E-state index is 8.85. The van der Waals surface area contributed by atoms with Crippen molar-refractivity contribution in [2.45, 2.75) is 26.2 Å². The number of benzene rings is 1. The molecule has 0 aliphatic carbocycles. The van der Waals surface area contributed by atoms with Crippen molar-refractivity contribution in [2.75, 3.05) is 26.2 Å². The average Bonchev–Trinajstić information content (AvgIpc) is 2.96. The van der Waals surface area contributed by atoms with Gasteiger partial charge in [-0.1, -0.05) is 17.3 Å². The second kappa shape index (κ2) is 7.14. The molecule has 1 aliphatic heterocycles. The van der Waals surface area contributed by atoms with Crippen LogP contribution in [-0.4, -0.2) is 42.1 Å². The van der Waals surface area contributed by atoms with E-state index in [1.54, 1.807) is 6.92 Å². The molecule has 0 saturated carbocycles. The SMILES string of the molecule is CC(=NO)c1ccccc1OCCCN1CCCC1. The van der Waals surface area contributed by atoms with Crippen LogP contribution in [0.2, 0.25) is 0 Å². The topological polar surface area (TPSA) is 45.1 Å². The number of nitrogens with zero attached hydrogens (tertiary/aromatic N) is 2. The van der Waals surface area contributed by atoms with Gasteiger partial charge in [0.1, 0.15) is 5.75 Å². The van der Waals surface area contributed by atoms with Crippen LogP contribution in [-0.2, 0) is 0 Å². The van der Waals surface area contributed by atoms with E-state index < -0.39 is 0 Å². The van der Waals surface area contributed by atoms with Crippen LogP contribution in [0.25, 0.3) is 0 Å². The molecular weight excluding hydrogens is 240 g/mol. The highest BCUT2D eigenvalue weighted by molar-refractivity contribution is 6.00. The highest BCUT2D eigenvalue weighted by Gasteiger charge is 2.11. The normalized spacial score (nSPS) is 16.8. The van der Waals surface area contributed by atoms with Gasteiger partial charge in [-0.3, -0.25) is 0 Å². The van der Waals surface area contributed by atoms with Gasteiger partial charge in [-0.2, -0.15) is 0 Å². The molecule has 1 aromatic carbocycles. The summed E-state index contributed by atoms with van der Waals surface area (Å²) in [6, 6.07) is 7.68. The lowest BCUT2D eigenvalue weighted by Crippen LogP contribution is -2.22. The molecule has 0 bridgehead atoms. The van der Waals surface area contributed by atoms with E-state index in [4.69, 9.17) is 9.94 Å². The molecule has 0 aromatic heterocycles. The van der Waals surface area contributed by atoms with E-state index in [9.17, 15) is 0 Å². The number of hydrogen-bond donors (Lipinski definition) is 1. The Morgan fingerprint density at radius 3 is 2.79 bits per heavy atom. The van der Waals surface area contributed by atoms with E-state index in [-0.39, 0.29) is 0 Å². The Hall–Kier alpha value is -1.55. The van der Waals surface area contributed by atoms with Crippen LogP contribution in [0, 0.1) is 0 Å². The van der Waals surface area contributed by atoms with Gasteiger partial charge in [0, 0.05) is 12.1 Å². The Balaban J connectivity index is 1.82. The maximum atomic E-state index is 8.85. The van der Waals surface area contributed by atoms with Crippen LogP contribution >= 0.6 is 0 Å². The number of rotatable bonds is 6. The Morgan fingerprint density at radius 2 is 2.05 bits per heavy atom. The molecule has 1 aromatic rings. The van der Waals surface area contributed by atoms with Crippen molar-refractivity contribution < 1.29 is 9.94 Å². The quantitative estimate of drug-likeness (QED) is 0.371. The third-order valence-corrected chi connectivity index (χ3v) is 3.50. The third kappa shape index (κ3) is 3.96. The molecule has 0 radical (unpaired) electrons. The predicted octanol–water partition coefficient (Wildman–Crippen LogP) is 2.75. The summed E-state index contributed by atoms with van der Waals surface area (Å²) in [4.78, 5) is 2.48. The van der Waals surface area contributed by atoms with E-state index in [1.165, 1.54) is 25.9 Å². The van der Waals surface area contributed by atoms with E-state index in [2.05, 4.69) is 10.1 Å². The molecule has 4 heteroatoms. The molecule has 1 saturated heterocycles. The molecule has 19 heavy (non-hydrogen) atoms. The van der Waals surface area contributed by atoms with Gasteiger partial charge in [-0.15, -0.1) is 0 Å². The molecule has 0 spiro atoms. The second-order valence-corrected chi connectivity index (χ2v) is 4.93. The van der Waals surface area contributed by atoms with Gasteiger partial charge in [0.25, 0.3) is 0 Å². The van der Waals surface area contributed by atoms with Crippen LogP contribution in [0.1, 0.15) is 31.7 Å². The molecular formula is C15H22N2O2. The number of hydrogen-bond acceptors (Lipinski definition) is 4. The third-order valence-electron chi connectivity index (χ3n) is 3.50. The van der Waals surface area contributed by atoms with Crippen molar-refractivity contribution in [1.82, 2.24) is 4.90 Å². The molecule has 104 valence electrons. The first-order valence-electron chi connectivity index (χ1n) is 6.94. The fraction of sp³-hybridized carbons (Fsp3) is 0.533. The van der Waals surface area contributed by atoms with Crippen molar-refractivity contribution in [3.05, 3.63) is 29.8 Å². The number of oxime groups is 1. The molecule has 1 heterocycles. The first-order valence-corrected chi connectivity index (χ1v) is 6.94. The Morgan fingerprint density at radius 1 is 1.32 bits per heavy atom. The Kier molecular flexibility index (Phi) is 5.21. The van der Waals surface area contributed by atoms with E-state index >= 15 is 0 Å². The maximum Gasteiger partial charge on any atom is 0.128 e. The van der Waals surface area contributed by atoms with Crippen molar-refractivity contribution in [2.24, 2.45) is 5.16 Å². The predicted molar refractivity (Wildman–Crippen MR) is 76.2 cm³/mol. The average molecular weight is 262 g/mol. The number of likely N-dealkylation sites (tertiary alicyclic amines) is 1. The minimum Gasteiger partial charge on any atom is -0.493 e. The molecule has 2 rings (SSSR count). The molecule has 4 nitrogen and oxygen atoms in total. The molecule has 1 N–H and O–H groups in total. The lowest BCUT2D eigenvalue weighted by Gasteiger charge is -2.15. The van der Waals surface area contributed by atoms with Gasteiger partial charge in [0.05, 0.1) is 12.3 Å². The van der Waals surface area contributed by atoms with Gasteiger partial charge >= 0.3 is 0 Å². The fourth-order valence-corrected chi connectivity index (χ4v) is 2.42. The molecule has 0 amide bonds. The van der Waals surface area contributed by atoms with E-state index in [0.717, 1.165) is 24.3 Å². The number of para-hydroxylation sites is 1. The van der Waals surface area contributed by atoms with Crippen LogP contribution < -0.4 is 4.74 Å². The summed E-state index contributed by atoms with van der Waals surface area (Å²) < 4.78 is 5.80. The highest BCUT2D eigenvalue weighted by atomic mass is 16.5. The standard InChI is InChI=1S/C15H22N2O2/c1-13(16-18)14-7-2-3-8-15(14)19-12-6-11-17-9-4-5-10-17/h2-3,7-8,18H,4-6,9-12H2,1H3.